The van der Waals surface area contributed by atoms with Crippen LogP contribution in [0, 0.1) is 0 Å². The normalized spacial score (nSPS) is 18.9. The van der Waals surface area contributed by atoms with Crippen molar-refractivity contribution in [1.29, 1.82) is 0 Å². The van der Waals surface area contributed by atoms with Crippen molar-refractivity contribution in [2.45, 2.75) is 37.0 Å². The second-order valence-electron chi connectivity index (χ2n) is 4.56. The summed E-state index contributed by atoms with van der Waals surface area (Å²) in [6, 6.07) is 9.99. The van der Waals surface area contributed by atoms with E-state index < -0.39 is 15.8 Å². The highest BCUT2D eigenvalue weighted by molar-refractivity contribution is 7.81. The van der Waals surface area contributed by atoms with Crippen LogP contribution in [0.4, 0.5) is 0 Å². The highest BCUT2D eigenvalue weighted by Crippen LogP contribution is 2.44. The topological polar surface area (TPSA) is 49.4 Å². The standard InChI is InChI=1S/C13H18O3S/c14-17(15)13(8-9-13)7-4-10-16-11-12-5-2-1-3-6-12/h1-3,5-6H,4,7-11H2,(H,14,15)/p-1. The van der Waals surface area contributed by atoms with Crippen LogP contribution < -0.4 is 0 Å². The summed E-state index contributed by atoms with van der Waals surface area (Å²) in [5, 5.41) is 0. The van der Waals surface area contributed by atoms with E-state index >= 15 is 0 Å². The Kier molecular flexibility index (Phi) is 4.31. The van der Waals surface area contributed by atoms with Gasteiger partial charge in [0.25, 0.3) is 0 Å². The van der Waals surface area contributed by atoms with Gasteiger partial charge in [-0.1, -0.05) is 30.3 Å². The molecule has 94 valence electrons. The second-order valence-corrected chi connectivity index (χ2v) is 5.89. The van der Waals surface area contributed by atoms with Crippen molar-refractivity contribution in [2.75, 3.05) is 6.61 Å². The third-order valence-corrected chi connectivity index (χ3v) is 4.51. The zero-order chi connectivity index (χ0) is 12.1. The van der Waals surface area contributed by atoms with Gasteiger partial charge in [-0.3, -0.25) is 4.21 Å². The van der Waals surface area contributed by atoms with Crippen LogP contribution >= 0.6 is 0 Å². The molecule has 4 heteroatoms. The van der Waals surface area contributed by atoms with Crippen molar-refractivity contribution in [3.8, 4) is 0 Å². The molecule has 1 aromatic carbocycles. The van der Waals surface area contributed by atoms with Crippen LogP contribution in [0.5, 0.6) is 0 Å². The zero-order valence-corrected chi connectivity index (χ0v) is 10.6. The van der Waals surface area contributed by atoms with Crippen LogP contribution in [0.1, 0.15) is 31.2 Å². The molecule has 1 aromatic rings. The Labute approximate surface area is 104 Å². The van der Waals surface area contributed by atoms with E-state index in [1.54, 1.807) is 0 Å². The Morgan fingerprint density at radius 1 is 1.29 bits per heavy atom. The first-order chi connectivity index (χ1) is 8.23. The predicted molar refractivity (Wildman–Crippen MR) is 66.2 cm³/mol. The summed E-state index contributed by atoms with van der Waals surface area (Å²) in [4.78, 5) is 0. The third-order valence-electron chi connectivity index (χ3n) is 3.19. The Morgan fingerprint density at radius 3 is 2.59 bits per heavy atom. The average Bonchev–Trinajstić information content (AvgIpc) is 3.11. The Bertz CT molecular complexity index is 374. The molecule has 0 bridgehead atoms. The Balaban J connectivity index is 1.60. The van der Waals surface area contributed by atoms with Crippen LogP contribution in [0.3, 0.4) is 0 Å². The molecule has 1 atom stereocenters. The molecule has 0 amide bonds. The van der Waals surface area contributed by atoms with E-state index in [1.807, 2.05) is 30.3 Å². The zero-order valence-electron chi connectivity index (χ0n) is 9.76. The molecule has 0 saturated heterocycles. The molecular weight excluding hydrogens is 236 g/mol. The lowest BCUT2D eigenvalue weighted by Crippen LogP contribution is -2.16. The van der Waals surface area contributed by atoms with Gasteiger partial charge in [-0.05, 0) is 42.3 Å². The van der Waals surface area contributed by atoms with Crippen LogP contribution in [0.25, 0.3) is 0 Å². The molecular formula is C13H17O3S-. The molecule has 2 rings (SSSR count). The lowest BCUT2D eigenvalue weighted by molar-refractivity contribution is 0.116. The Hall–Kier alpha value is -0.710. The van der Waals surface area contributed by atoms with E-state index in [-0.39, 0.29) is 0 Å². The molecule has 1 fully saturated rings. The molecule has 3 nitrogen and oxygen atoms in total. The van der Waals surface area contributed by atoms with Crippen LogP contribution in [0.15, 0.2) is 30.3 Å². The summed E-state index contributed by atoms with van der Waals surface area (Å²) in [5.74, 6) is 0. The predicted octanol–water partition coefficient (Wildman–Crippen LogP) is 2.40. The lowest BCUT2D eigenvalue weighted by atomic mass is 10.2. The van der Waals surface area contributed by atoms with Crippen molar-refractivity contribution in [3.63, 3.8) is 0 Å². The molecule has 0 N–H and O–H groups in total. The van der Waals surface area contributed by atoms with Gasteiger partial charge in [-0.2, -0.15) is 0 Å². The van der Waals surface area contributed by atoms with Crippen LogP contribution in [-0.4, -0.2) is 20.1 Å². The van der Waals surface area contributed by atoms with E-state index in [4.69, 9.17) is 4.74 Å². The first-order valence-electron chi connectivity index (χ1n) is 5.94. The van der Waals surface area contributed by atoms with Gasteiger partial charge in [-0.25, -0.2) is 0 Å². The first kappa shape index (κ1) is 12.7. The minimum atomic E-state index is -1.91. The number of ether oxygens (including phenoxy) is 1. The van der Waals surface area contributed by atoms with Crippen molar-refractivity contribution in [3.05, 3.63) is 35.9 Å². The summed E-state index contributed by atoms with van der Waals surface area (Å²) in [6.07, 6.45) is 3.20. The summed E-state index contributed by atoms with van der Waals surface area (Å²) in [7, 11) is 0. The van der Waals surface area contributed by atoms with Crippen molar-refractivity contribution >= 4 is 11.1 Å². The molecule has 0 spiro atoms. The quantitative estimate of drug-likeness (QED) is 0.554. The molecule has 0 heterocycles. The fourth-order valence-electron chi connectivity index (χ4n) is 1.90. The molecule has 1 unspecified atom stereocenters. The van der Waals surface area contributed by atoms with E-state index in [2.05, 4.69) is 0 Å². The number of hydrogen-bond donors (Lipinski definition) is 0. The molecule has 0 radical (unpaired) electrons. The van der Waals surface area contributed by atoms with Gasteiger partial charge in [-0.15, -0.1) is 0 Å². The molecule has 1 saturated carbocycles. The van der Waals surface area contributed by atoms with Gasteiger partial charge < -0.3 is 9.29 Å². The monoisotopic (exact) mass is 253 g/mol. The maximum absolute atomic E-state index is 10.9. The fourth-order valence-corrected chi connectivity index (χ4v) is 2.65. The maximum Gasteiger partial charge on any atom is 0.0716 e. The minimum Gasteiger partial charge on any atom is -0.772 e. The summed E-state index contributed by atoms with van der Waals surface area (Å²) in [5.41, 5.74) is 1.15. The van der Waals surface area contributed by atoms with Gasteiger partial charge in [0.05, 0.1) is 6.61 Å². The molecule has 1 aliphatic carbocycles. The molecule has 0 aliphatic heterocycles. The van der Waals surface area contributed by atoms with E-state index in [1.165, 1.54) is 0 Å². The summed E-state index contributed by atoms with van der Waals surface area (Å²) in [6.45, 7) is 1.24. The van der Waals surface area contributed by atoms with E-state index in [9.17, 15) is 8.76 Å². The third kappa shape index (κ3) is 3.63. The van der Waals surface area contributed by atoms with Crippen molar-refractivity contribution in [2.24, 2.45) is 0 Å². The minimum absolute atomic E-state index is 0.407. The van der Waals surface area contributed by atoms with Gasteiger partial charge >= 0.3 is 0 Å². The van der Waals surface area contributed by atoms with E-state index in [0.29, 0.717) is 13.2 Å². The molecule has 17 heavy (non-hydrogen) atoms. The van der Waals surface area contributed by atoms with Gasteiger partial charge in [0.1, 0.15) is 0 Å². The van der Waals surface area contributed by atoms with Crippen LogP contribution in [-0.2, 0) is 22.4 Å². The molecule has 0 aromatic heterocycles. The fraction of sp³-hybridized carbons (Fsp3) is 0.538. The van der Waals surface area contributed by atoms with Gasteiger partial charge in [0.15, 0.2) is 0 Å². The highest BCUT2D eigenvalue weighted by Gasteiger charge is 2.43. The number of rotatable bonds is 7. The van der Waals surface area contributed by atoms with Crippen LogP contribution in [0.2, 0.25) is 0 Å². The summed E-state index contributed by atoms with van der Waals surface area (Å²) < 4.78 is 27.0. The number of hydrogen-bond acceptors (Lipinski definition) is 3. The summed E-state index contributed by atoms with van der Waals surface area (Å²) >= 11 is -1.91. The maximum atomic E-state index is 10.9. The largest absolute Gasteiger partial charge is 0.772 e. The smallest absolute Gasteiger partial charge is 0.0716 e. The lowest BCUT2D eigenvalue weighted by Gasteiger charge is -2.17. The van der Waals surface area contributed by atoms with E-state index in [0.717, 1.165) is 31.2 Å². The van der Waals surface area contributed by atoms with Gasteiger partial charge in [0.2, 0.25) is 0 Å². The number of benzene rings is 1. The highest BCUT2D eigenvalue weighted by atomic mass is 32.2. The second kappa shape index (κ2) is 5.76. The van der Waals surface area contributed by atoms with Crippen molar-refractivity contribution < 1.29 is 13.5 Å². The van der Waals surface area contributed by atoms with Gasteiger partial charge in [0, 0.05) is 11.4 Å². The molecule has 1 aliphatic rings. The first-order valence-corrected chi connectivity index (χ1v) is 7.01. The SMILES string of the molecule is O=S([O-])C1(CCCOCc2ccccc2)CC1. The Morgan fingerprint density at radius 2 is 2.00 bits per heavy atom. The average molecular weight is 253 g/mol. The van der Waals surface area contributed by atoms with Crippen molar-refractivity contribution in [1.82, 2.24) is 0 Å².